The molecular formula is C15H16N4O. The summed E-state index contributed by atoms with van der Waals surface area (Å²) in [6.45, 7) is 4.05. The number of hydrogen-bond acceptors (Lipinski definition) is 5. The molecule has 0 bridgehead atoms. The van der Waals surface area contributed by atoms with Crippen LogP contribution >= 0.6 is 0 Å². The van der Waals surface area contributed by atoms with Crippen LogP contribution in [0.25, 0.3) is 0 Å². The van der Waals surface area contributed by atoms with Gasteiger partial charge in [-0.2, -0.15) is 0 Å². The van der Waals surface area contributed by atoms with Crippen molar-refractivity contribution in [1.82, 2.24) is 9.97 Å². The minimum absolute atomic E-state index is 0.179. The molecule has 1 aliphatic rings. The molecule has 2 N–H and O–H groups in total. The molecule has 102 valence electrons. The fraction of sp³-hybridized carbons (Fsp3) is 0.267. The van der Waals surface area contributed by atoms with Crippen LogP contribution in [0.3, 0.4) is 0 Å². The van der Waals surface area contributed by atoms with E-state index in [2.05, 4.69) is 27.1 Å². The number of aromatic nitrogens is 2. The summed E-state index contributed by atoms with van der Waals surface area (Å²) < 4.78 is 5.40. The maximum absolute atomic E-state index is 5.93. The lowest BCUT2D eigenvalue weighted by molar-refractivity contribution is 0.408. The molecule has 2 heterocycles. The number of hydrogen-bond donors (Lipinski definition) is 1. The fourth-order valence-corrected chi connectivity index (χ4v) is 2.70. The molecule has 5 nitrogen and oxygen atoms in total. The number of fused-ring (bicyclic) bond motifs is 1. The van der Waals surface area contributed by atoms with Crippen LogP contribution in [0.4, 0.5) is 0 Å². The number of benzene rings is 1. The van der Waals surface area contributed by atoms with Gasteiger partial charge in [0.1, 0.15) is 23.3 Å². The Morgan fingerprint density at radius 3 is 2.40 bits per heavy atom. The molecule has 3 rings (SSSR count). The van der Waals surface area contributed by atoms with E-state index in [1.54, 1.807) is 19.5 Å². The molecule has 0 fully saturated rings. The summed E-state index contributed by atoms with van der Waals surface area (Å²) in [4.78, 5) is 13.1. The summed E-state index contributed by atoms with van der Waals surface area (Å²) in [5, 5.41) is 0. The third-order valence-electron chi connectivity index (χ3n) is 3.50. The summed E-state index contributed by atoms with van der Waals surface area (Å²) in [6.07, 6.45) is 3.30. The molecule has 1 atom stereocenters. The number of ether oxygens (including phenoxy) is 1. The minimum atomic E-state index is -0.179. The molecule has 0 saturated carbocycles. The smallest absolute Gasteiger partial charge is 0.147 e. The third kappa shape index (κ3) is 1.82. The number of aliphatic imine (C=N–C) groups is 1. The fourth-order valence-electron chi connectivity index (χ4n) is 2.70. The van der Waals surface area contributed by atoms with Crippen LogP contribution in [0, 0.1) is 13.8 Å². The van der Waals surface area contributed by atoms with Crippen LogP contribution in [0.2, 0.25) is 0 Å². The van der Waals surface area contributed by atoms with E-state index in [1.165, 1.54) is 0 Å². The number of amidine groups is 1. The van der Waals surface area contributed by atoms with Crippen molar-refractivity contribution in [1.29, 1.82) is 0 Å². The zero-order chi connectivity index (χ0) is 14.3. The highest BCUT2D eigenvalue weighted by Crippen LogP contribution is 2.35. The molecule has 20 heavy (non-hydrogen) atoms. The molecule has 0 aliphatic carbocycles. The second kappa shape index (κ2) is 4.59. The predicted molar refractivity (Wildman–Crippen MR) is 77.1 cm³/mol. The van der Waals surface area contributed by atoms with Crippen LogP contribution in [0.15, 0.2) is 29.5 Å². The van der Waals surface area contributed by atoms with Crippen LogP contribution in [-0.4, -0.2) is 22.9 Å². The molecular weight excluding hydrogens is 252 g/mol. The Bertz CT molecular complexity index is 686. The van der Waals surface area contributed by atoms with Crippen molar-refractivity contribution in [3.8, 4) is 5.75 Å². The highest BCUT2D eigenvalue weighted by Gasteiger charge is 2.28. The summed E-state index contributed by atoms with van der Waals surface area (Å²) in [5.74, 6) is 1.35. The Morgan fingerprint density at radius 1 is 1.10 bits per heavy atom. The van der Waals surface area contributed by atoms with Crippen LogP contribution in [0.1, 0.15) is 34.1 Å². The van der Waals surface area contributed by atoms with Crippen molar-refractivity contribution in [3.05, 3.63) is 52.6 Å². The highest BCUT2D eigenvalue weighted by atomic mass is 16.5. The number of nitrogens with zero attached hydrogens (tertiary/aromatic N) is 3. The maximum Gasteiger partial charge on any atom is 0.147 e. The average Bonchev–Trinajstić information content (AvgIpc) is 2.76. The minimum Gasteiger partial charge on any atom is -0.496 e. The van der Waals surface area contributed by atoms with Gasteiger partial charge in [-0.05, 0) is 42.7 Å². The van der Waals surface area contributed by atoms with Crippen molar-refractivity contribution in [2.24, 2.45) is 10.7 Å². The first-order chi connectivity index (χ1) is 9.61. The van der Waals surface area contributed by atoms with Gasteiger partial charge in [-0.25, -0.2) is 4.98 Å². The number of aryl methyl sites for hydroxylation is 2. The van der Waals surface area contributed by atoms with Gasteiger partial charge in [0, 0.05) is 12.4 Å². The molecule has 0 radical (unpaired) electrons. The molecule has 0 spiro atoms. The van der Waals surface area contributed by atoms with Gasteiger partial charge < -0.3 is 10.5 Å². The normalized spacial score (nSPS) is 16.8. The predicted octanol–water partition coefficient (Wildman–Crippen LogP) is 1.91. The van der Waals surface area contributed by atoms with Gasteiger partial charge in [-0.15, -0.1) is 0 Å². The number of nitrogens with two attached hydrogens (primary N) is 1. The largest absolute Gasteiger partial charge is 0.496 e. The molecule has 0 saturated heterocycles. The Balaban J connectivity index is 2.12. The van der Waals surface area contributed by atoms with Crippen molar-refractivity contribution < 1.29 is 4.74 Å². The monoisotopic (exact) mass is 268 g/mol. The van der Waals surface area contributed by atoms with Gasteiger partial charge in [-0.3, -0.25) is 9.98 Å². The van der Waals surface area contributed by atoms with Gasteiger partial charge in [0.15, 0.2) is 0 Å². The van der Waals surface area contributed by atoms with Crippen molar-refractivity contribution in [2.75, 3.05) is 7.11 Å². The zero-order valence-electron chi connectivity index (χ0n) is 11.7. The second-order valence-electron chi connectivity index (χ2n) is 4.90. The van der Waals surface area contributed by atoms with E-state index in [1.807, 2.05) is 13.8 Å². The molecule has 1 aromatic carbocycles. The lowest BCUT2D eigenvalue weighted by Crippen LogP contribution is -2.12. The third-order valence-corrected chi connectivity index (χ3v) is 3.50. The van der Waals surface area contributed by atoms with Gasteiger partial charge in [-0.1, -0.05) is 0 Å². The lowest BCUT2D eigenvalue weighted by Gasteiger charge is -2.14. The first kappa shape index (κ1) is 12.6. The maximum atomic E-state index is 5.93. The van der Waals surface area contributed by atoms with Gasteiger partial charge in [0.05, 0.1) is 12.8 Å². The van der Waals surface area contributed by atoms with Crippen LogP contribution in [0.5, 0.6) is 5.75 Å². The summed E-state index contributed by atoms with van der Waals surface area (Å²) in [5.41, 5.74) is 10.6. The van der Waals surface area contributed by atoms with E-state index in [0.29, 0.717) is 11.5 Å². The first-order valence-electron chi connectivity index (χ1n) is 6.41. The SMILES string of the molecule is COc1c(C)cc([C@@H]2N=C(N)c3nccnc32)cc1C. The van der Waals surface area contributed by atoms with Gasteiger partial charge in [0.25, 0.3) is 0 Å². The van der Waals surface area contributed by atoms with E-state index in [4.69, 9.17) is 10.5 Å². The molecule has 1 aliphatic heterocycles. The van der Waals surface area contributed by atoms with Crippen molar-refractivity contribution >= 4 is 5.84 Å². The topological polar surface area (TPSA) is 73.4 Å². The molecule has 0 amide bonds. The standard InChI is InChI=1S/C15H16N4O/c1-8-6-10(7-9(2)14(8)20-3)11-12-13(15(16)19-11)18-5-4-17-12/h4-7,11H,1-3H3,(H2,16,19)/t11-/m0/s1. The Labute approximate surface area is 117 Å². The quantitative estimate of drug-likeness (QED) is 0.903. The molecule has 2 aromatic rings. The Hall–Kier alpha value is -2.43. The van der Waals surface area contributed by atoms with E-state index in [-0.39, 0.29) is 6.04 Å². The number of methoxy groups -OCH3 is 1. The molecule has 0 unspecified atom stereocenters. The Morgan fingerprint density at radius 2 is 1.75 bits per heavy atom. The van der Waals surface area contributed by atoms with Crippen LogP contribution < -0.4 is 10.5 Å². The van der Waals surface area contributed by atoms with Crippen molar-refractivity contribution in [2.45, 2.75) is 19.9 Å². The second-order valence-corrected chi connectivity index (χ2v) is 4.90. The highest BCUT2D eigenvalue weighted by molar-refractivity contribution is 5.99. The molecule has 1 aromatic heterocycles. The van der Waals surface area contributed by atoms with E-state index in [9.17, 15) is 0 Å². The first-order valence-corrected chi connectivity index (χ1v) is 6.41. The average molecular weight is 268 g/mol. The van der Waals surface area contributed by atoms with Gasteiger partial charge >= 0.3 is 0 Å². The van der Waals surface area contributed by atoms with E-state index in [0.717, 1.165) is 28.1 Å². The van der Waals surface area contributed by atoms with Gasteiger partial charge in [0.2, 0.25) is 0 Å². The lowest BCUT2D eigenvalue weighted by atomic mass is 9.98. The zero-order valence-corrected chi connectivity index (χ0v) is 11.7. The van der Waals surface area contributed by atoms with E-state index < -0.39 is 0 Å². The van der Waals surface area contributed by atoms with Crippen molar-refractivity contribution in [3.63, 3.8) is 0 Å². The number of rotatable bonds is 2. The van der Waals surface area contributed by atoms with Crippen LogP contribution in [-0.2, 0) is 0 Å². The Kier molecular flexibility index (Phi) is 2.89. The summed E-state index contributed by atoms with van der Waals surface area (Å²) in [7, 11) is 1.68. The van der Waals surface area contributed by atoms with E-state index >= 15 is 0 Å². The molecule has 5 heteroatoms. The summed E-state index contributed by atoms with van der Waals surface area (Å²) >= 11 is 0. The summed E-state index contributed by atoms with van der Waals surface area (Å²) in [6, 6.07) is 3.95.